The van der Waals surface area contributed by atoms with E-state index in [1.54, 1.807) is 0 Å². The van der Waals surface area contributed by atoms with Gasteiger partial charge in [0.1, 0.15) is 13.2 Å². The van der Waals surface area contributed by atoms with Crippen LogP contribution >= 0.6 is 35.0 Å². The first kappa shape index (κ1) is 29.9. The van der Waals surface area contributed by atoms with E-state index in [1.165, 1.54) is 48.5 Å². The Hall–Kier alpha value is -4.07. The van der Waals surface area contributed by atoms with Crippen molar-refractivity contribution < 1.29 is 37.2 Å². The van der Waals surface area contributed by atoms with Crippen LogP contribution in [-0.2, 0) is 22.4 Å². The number of hydrogen-bond donors (Lipinski definition) is 1. The van der Waals surface area contributed by atoms with Gasteiger partial charge in [0, 0.05) is 17.8 Å². The lowest BCUT2D eigenvalue weighted by atomic mass is 10.2. The van der Waals surface area contributed by atoms with E-state index < -0.39 is 40.3 Å². The van der Waals surface area contributed by atoms with Crippen molar-refractivity contribution in [2.45, 2.75) is 12.8 Å². The molecule has 212 valence electrons. The molecule has 0 aliphatic carbocycles. The average Bonchev–Trinajstić information content (AvgIpc) is 3.15. The van der Waals surface area contributed by atoms with Crippen LogP contribution in [0.4, 0.5) is 29.3 Å². The summed E-state index contributed by atoms with van der Waals surface area (Å²) < 4.78 is 44.4. The van der Waals surface area contributed by atoms with Crippen molar-refractivity contribution in [2.75, 3.05) is 11.9 Å². The molecule has 1 aliphatic rings. The molecule has 1 fully saturated rings. The van der Waals surface area contributed by atoms with Gasteiger partial charge in [0.05, 0.1) is 25.4 Å². The SMILES string of the molecule is O=C(CN1C(=O)S/C(=C\c2cc(Cl)c(OCc3ccc([N+](=O)[O-])cc3)c(Cl)c2)C1=O)Nc1cccc(C(F)(F)F)c1. The van der Waals surface area contributed by atoms with E-state index in [-0.39, 0.29) is 38.7 Å². The predicted molar refractivity (Wildman–Crippen MR) is 147 cm³/mol. The molecule has 1 heterocycles. The summed E-state index contributed by atoms with van der Waals surface area (Å²) in [7, 11) is 0. The zero-order valence-electron chi connectivity index (χ0n) is 20.4. The van der Waals surface area contributed by atoms with E-state index >= 15 is 0 Å². The van der Waals surface area contributed by atoms with Crippen molar-refractivity contribution in [1.82, 2.24) is 4.90 Å². The number of hydrogen-bond acceptors (Lipinski definition) is 7. The second-order valence-electron chi connectivity index (χ2n) is 8.42. The van der Waals surface area contributed by atoms with Crippen LogP contribution in [0.25, 0.3) is 6.08 Å². The number of nitro groups is 1. The molecule has 0 aromatic heterocycles. The molecule has 1 aliphatic heterocycles. The third-order valence-electron chi connectivity index (χ3n) is 5.50. The third-order valence-corrected chi connectivity index (χ3v) is 6.97. The molecule has 3 amide bonds. The number of thioether (sulfide) groups is 1. The van der Waals surface area contributed by atoms with Gasteiger partial charge in [-0.2, -0.15) is 13.2 Å². The Kier molecular flexibility index (Phi) is 8.90. The monoisotopic (exact) mass is 625 g/mol. The van der Waals surface area contributed by atoms with Crippen molar-refractivity contribution in [3.05, 3.63) is 102 Å². The highest BCUT2D eigenvalue weighted by atomic mass is 35.5. The molecular weight excluding hydrogens is 610 g/mol. The Morgan fingerprint density at radius 3 is 2.34 bits per heavy atom. The Labute approximate surface area is 244 Å². The number of nitrogens with one attached hydrogen (secondary N) is 1. The van der Waals surface area contributed by atoms with Gasteiger partial charge < -0.3 is 10.1 Å². The molecule has 3 aromatic rings. The lowest BCUT2D eigenvalue weighted by Gasteiger charge is -2.13. The highest BCUT2D eigenvalue weighted by Crippen LogP contribution is 2.38. The number of alkyl halides is 3. The van der Waals surface area contributed by atoms with Crippen LogP contribution in [0.3, 0.4) is 0 Å². The first-order valence-corrected chi connectivity index (χ1v) is 13.0. The zero-order chi connectivity index (χ0) is 29.9. The molecule has 4 rings (SSSR count). The summed E-state index contributed by atoms with van der Waals surface area (Å²) in [6, 6.07) is 12.5. The van der Waals surface area contributed by atoms with Gasteiger partial charge in [0.25, 0.3) is 16.8 Å². The predicted octanol–water partition coefficient (Wildman–Crippen LogP) is 7.17. The molecular formula is C26H16Cl2F3N3O6S. The molecule has 1 N–H and O–H groups in total. The standard InChI is InChI=1S/C26H16Cl2F3N3O6S/c27-19-8-15(9-20(28)23(19)40-13-14-4-6-18(7-5-14)34(38)39)10-21-24(36)33(25(37)41-21)12-22(35)32-17-3-1-2-16(11-17)26(29,30)31/h1-11H,12-13H2,(H,32,35)/b21-10-. The molecule has 0 radical (unpaired) electrons. The number of benzene rings is 3. The van der Waals surface area contributed by atoms with Gasteiger partial charge in [-0.25, -0.2) is 0 Å². The van der Waals surface area contributed by atoms with Gasteiger partial charge in [0.2, 0.25) is 5.91 Å². The lowest BCUT2D eigenvalue weighted by Crippen LogP contribution is -2.36. The highest BCUT2D eigenvalue weighted by molar-refractivity contribution is 8.18. The summed E-state index contributed by atoms with van der Waals surface area (Å²) in [5.41, 5.74) is -0.217. The van der Waals surface area contributed by atoms with Gasteiger partial charge in [-0.15, -0.1) is 0 Å². The number of ether oxygens (including phenoxy) is 1. The molecule has 0 saturated carbocycles. The smallest absolute Gasteiger partial charge is 0.416 e. The summed E-state index contributed by atoms with van der Waals surface area (Å²) in [4.78, 5) is 48.5. The number of non-ortho nitro benzene ring substituents is 1. The minimum atomic E-state index is -4.61. The van der Waals surface area contributed by atoms with Crippen LogP contribution in [0.5, 0.6) is 5.75 Å². The number of nitro benzene ring substituents is 1. The highest BCUT2D eigenvalue weighted by Gasteiger charge is 2.36. The summed E-state index contributed by atoms with van der Waals surface area (Å²) >= 11 is 13.2. The number of carbonyl (C=O) groups is 3. The van der Waals surface area contributed by atoms with E-state index in [9.17, 15) is 37.7 Å². The molecule has 0 atom stereocenters. The molecule has 1 saturated heterocycles. The number of rotatable bonds is 8. The Morgan fingerprint density at radius 2 is 1.73 bits per heavy atom. The first-order chi connectivity index (χ1) is 19.3. The maximum Gasteiger partial charge on any atom is 0.416 e. The second-order valence-corrected chi connectivity index (χ2v) is 10.2. The van der Waals surface area contributed by atoms with Crippen LogP contribution in [0.1, 0.15) is 16.7 Å². The molecule has 0 bridgehead atoms. The molecule has 3 aromatic carbocycles. The first-order valence-electron chi connectivity index (χ1n) is 11.4. The molecule has 0 spiro atoms. The maximum atomic E-state index is 12.9. The Balaban J connectivity index is 1.42. The number of amides is 3. The van der Waals surface area contributed by atoms with E-state index in [2.05, 4.69) is 5.32 Å². The Bertz CT molecular complexity index is 1560. The normalized spacial score (nSPS) is 14.5. The summed E-state index contributed by atoms with van der Waals surface area (Å²) in [6.07, 6.45) is -3.27. The summed E-state index contributed by atoms with van der Waals surface area (Å²) in [5.74, 6) is -1.53. The van der Waals surface area contributed by atoms with Crippen molar-refractivity contribution in [1.29, 1.82) is 0 Å². The summed E-state index contributed by atoms with van der Waals surface area (Å²) in [5, 5.41) is 12.5. The lowest BCUT2D eigenvalue weighted by molar-refractivity contribution is -0.384. The van der Waals surface area contributed by atoms with Gasteiger partial charge >= 0.3 is 6.18 Å². The number of imide groups is 1. The molecule has 9 nitrogen and oxygen atoms in total. The van der Waals surface area contributed by atoms with E-state index in [0.29, 0.717) is 27.8 Å². The van der Waals surface area contributed by atoms with E-state index in [0.717, 1.165) is 18.2 Å². The van der Waals surface area contributed by atoms with Gasteiger partial charge in [-0.05, 0) is 71.4 Å². The van der Waals surface area contributed by atoms with E-state index in [4.69, 9.17) is 27.9 Å². The molecule has 0 unspecified atom stereocenters. The van der Waals surface area contributed by atoms with Crippen LogP contribution in [0, 0.1) is 10.1 Å². The van der Waals surface area contributed by atoms with Crippen molar-refractivity contribution >= 4 is 69.5 Å². The number of halogens is 5. The zero-order valence-corrected chi connectivity index (χ0v) is 22.7. The number of nitrogens with zero attached hydrogens (tertiary/aromatic N) is 2. The topological polar surface area (TPSA) is 119 Å². The average molecular weight is 626 g/mol. The van der Waals surface area contributed by atoms with Crippen LogP contribution in [0.15, 0.2) is 65.6 Å². The van der Waals surface area contributed by atoms with Crippen molar-refractivity contribution in [3.63, 3.8) is 0 Å². The fourth-order valence-electron chi connectivity index (χ4n) is 3.58. The fourth-order valence-corrected chi connectivity index (χ4v) is 5.03. The van der Waals surface area contributed by atoms with Gasteiger partial charge in [0.15, 0.2) is 5.75 Å². The molecule has 15 heteroatoms. The fraction of sp³-hybridized carbons (Fsp3) is 0.115. The minimum Gasteiger partial charge on any atom is -0.486 e. The number of carbonyl (C=O) groups excluding carboxylic acids is 3. The van der Waals surface area contributed by atoms with Crippen molar-refractivity contribution in [2.24, 2.45) is 0 Å². The minimum absolute atomic E-state index is 0.0121. The molecule has 41 heavy (non-hydrogen) atoms. The van der Waals surface area contributed by atoms with Crippen LogP contribution in [-0.4, -0.2) is 33.4 Å². The third kappa shape index (κ3) is 7.37. The largest absolute Gasteiger partial charge is 0.486 e. The van der Waals surface area contributed by atoms with E-state index in [1.807, 2.05) is 0 Å². The summed E-state index contributed by atoms with van der Waals surface area (Å²) in [6.45, 7) is -0.701. The Morgan fingerprint density at radius 1 is 1.07 bits per heavy atom. The number of anilines is 1. The quantitative estimate of drug-likeness (QED) is 0.160. The van der Waals surface area contributed by atoms with Crippen molar-refractivity contribution in [3.8, 4) is 5.75 Å². The van der Waals surface area contributed by atoms with Crippen LogP contribution in [0.2, 0.25) is 10.0 Å². The van der Waals surface area contributed by atoms with Crippen LogP contribution < -0.4 is 10.1 Å². The second kappa shape index (κ2) is 12.2. The van der Waals surface area contributed by atoms with Gasteiger partial charge in [-0.1, -0.05) is 29.3 Å². The maximum absolute atomic E-state index is 12.9. The van der Waals surface area contributed by atoms with Gasteiger partial charge in [-0.3, -0.25) is 29.4 Å².